The standard InChI is InChI=1S/C25H29F3N4O4S/c1-16(18-6-8-23(29-13-18)35-15-25(26,27)28)32-10-9-17-5-7-20(11-19(17)14-32)37(33,34)31-22-12-21(36-30-22)24(2,3)4/h5-8,11-13,16H,9-10,14-15H2,1-4H3,(H,30,31). The van der Waals surface area contributed by atoms with Crippen molar-refractivity contribution >= 4 is 15.8 Å². The molecule has 37 heavy (non-hydrogen) atoms. The molecule has 1 N–H and O–H groups in total. The van der Waals surface area contributed by atoms with E-state index in [0.29, 0.717) is 12.3 Å². The van der Waals surface area contributed by atoms with Crippen LogP contribution in [0.3, 0.4) is 0 Å². The molecular formula is C25H29F3N4O4S. The Kier molecular flexibility index (Phi) is 7.26. The zero-order valence-electron chi connectivity index (χ0n) is 21.0. The predicted molar refractivity (Wildman–Crippen MR) is 131 cm³/mol. The van der Waals surface area contributed by atoms with Crippen molar-refractivity contribution in [1.82, 2.24) is 15.0 Å². The number of ether oxygens (including phenoxy) is 1. The van der Waals surface area contributed by atoms with Crippen LogP contribution in [0.2, 0.25) is 0 Å². The summed E-state index contributed by atoms with van der Waals surface area (Å²) in [5.74, 6) is 0.587. The fraction of sp³-hybridized carbons (Fsp3) is 0.440. The third kappa shape index (κ3) is 6.61. The predicted octanol–water partition coefficient (Wildman–Crippen LogP) is 5.23. The van der Waals surface area contributed by atoms with Gasteiger partial charge in [-0.15, -0.1) is 0 Å². The van der Waals surface area contributed by atoms with Crippen molar-refractivity contribution in [3.8, 4) is 5.88 Å². The van der Waals surface area contributed by atoms with Gasteiger partial charge in [0.2, 0.25) is 5.88 Å². The fourth-order valence-electron chi connectivity index (χ4n) is 4.02. The minimum absolute atomic E-state index is 0.0957. The van der Waals surface area contributed by atoms with Crippen LogP contribution in [0.4, 0.5) is 19.0 Å². The summed E-state index contributed by atoms with van der Waals surface area (Å²) >= 11 is 0. The number of rotatable bonds is 7. The monoisotopic (exact) mass is 538 g/mol. The van der Waals surface area contributed by atoms with Gasteiger partial charge in [-0.1, -0.05) is 38.1 Å². The van der Waals surface area contributed by atoms with E-state index in [1.807, 2.05) is 33.8 Å². The van der Waals surface area contributed by atoms with Crippen molar-refractivity contribution in [2.75, 3.05) is 17.9 Å². The lowest BCUT2D eigenvalue weighted by Crippen LogP contribution is -2.33. The Bertz CT molecular complexity index is 1350. The van der Waals surface area contributed by atoms with Gasteiger partial charge in [0.05, 0.1) is 4.90 Å². The summed E-state index contributed by atoms with van der Waals surface area (Å²) in [4.78, 5) is 6.27. The van der Waals surface area contributed by atoms with Gasteiger partial charge in [-0.2, -0.15) is 13.2 Å². The Balaban J connectivity index is 1.46. The van der Waals surface area contributed by atoms with Gasteiger partial charge in [-0.25, -0.2) is 13.4 Å². The summed E-state index contributed by atoms with van der Waals surface area (Å²) in [5.41, 5.74) is 2.45. The molecule has 200 valence electrons. The second kappa shape index (κ2) is 9.97. The van der Waals surface area contributed by atoms with Crippen molar-refractivity contribution in [2.45, 2.75) is 63.2 Å². The van der Waals surface area contributed by atoms with Crippen LogP contribution in [-0.2, 0) is 28.4 Å². The average molecular weight is 539 g/mol. The number of hydrogen-bond donors (Lipinski definition) is 1. The van der Waals surface area contributed by atoms with E-state index in [-0.39, 0.29) is 28.1 Å². The first-order chi connectivity index (χ1) is 17.2. The number of anilines is 1. The number of benzene rings is 1. The molecule has 1 aliphatic rings. The average Bonchev–Trinajstić information content (AvgIpc) is 3.30. The van der Waals surface area contributed by atoms with E-state index in [9.17, 15) is 21.6 Å². The minimum Gasteiger partial charge on any atom is -0.468 e. The van der Waals surface area contributed by atoms with Crippen LogP contribution in [0.25, 0.3) is 0 Å². The highest BCUT2D eigenvalue weighted by Crippen LogP contribution is 2.30. The molecule has 1 aliphatic heterocycles. The second-order valence-corrected chi connectivity index (χ2v) is 11.8. The number of aromatic nitrogens is 2. The molecule has 12 heteroatoms. The van der Waals surface area contributed by atoms with Gasteiger partial charge in [-0.3, -0.25) is 9.62 Å². The molecule has 0 bridgehead atoms. The lowest BCUT2D eigenvalue weighted by molar-refractivity contribution is -0.154. The minimum atomic E-state index is -4.43. The summed E-state index contributed by atoms with van der Waals surface area (Å²) < 4.78 is 75.6. The van der Waals surface area contributed by atoms with E-state index in [1.165, 1.54) is 12.3 Å². The smallest absolute Gasteiger partial charge is 0.422 e. The molecule has 0 saturated carbocycles. The number of nitrogens with one attached hydrogen (secondary N) is 1. The van der Waals surface area contributed by atoms with E-state index >= 15 is 0 Å². The van der Waals surface area contributed by atoms with Crippen LogP contribution in [-0.4, -0.2) is 42.8 Å². The summed E-state index contributed by atoms with van der Waals surface area (Å²) in [6.45, 7) is 7.63. The highest BCUT2D eigenvalue weighted by molar-refractivity contribution is 7.92. The van der Waals surface area contributed by atoms with E-state index in [1.54, 1.807) is 24.3 Å². The van der Waals surface area contributed by atoms with E-state index < -0.39 is 22.8 Å². The quantitative estimate of drug-likeness (QED) is 0.440. The van der Waals surface area contributed by atoms with Crippen molar-refractivity contribution < 1.29 is 30.8 Å². The van der Waals surface area contributed by atoms with Crippen LogP contribution in [0.15, 0.2) is 52.0 Å². The molecule has 1 unspecified atom stereocenters. The Labute approximate surface area is 213 Å². The molecule has 0 aliphatic carbocycles. The largest absolute Gasteiger partial charge is 0.468 e. The zero-order chi connectivity index (χ0) is 27.0. The van der Waals surface area contributed by atoms with Crippen LogP contribution in [0.5, 0.6) is 5.88 Å². The SMILES string of the molecule is CC(c1ccc(OCC(F)(F)F)nc1)N1CCc2ccc(S(=O)(=O)Nc3cc(C(C)(C)C)on3)cc2C1. The molecule has 3 aromatic rings. The Morgan fingerprint density at radius 2 is 1.89 bits per heavy atom. The summed E-state index contributed by atoms with van der Waals surface area (Å²) in [7, 11) is -3.88. The maximum absolute atomic E-state index is 13.0. The third-order valence-corrected chi connectivity index (χ3v) is 7.54. The molecule has 4 rings (SSSR count). The van der Waals surface area contributed by atoms with E-state index in [0.717, 1.165) is 29.7 Å². The van der Waals surface area contributed by atoms with Crippen molar-refractivity contribution in [3.63, 3.8) is 0 Å². The van der Waals surface area contributed by atoms with Gasteiger partial charge in [-0.05, 0) is 42.2 Å². The van der Waals surface area contributed by atoms with Gasteiger partial charge in [0.1, 0.15) is 5.76 Å². The fourth-order valence-corrected chi connectivity index (χ4v) is 5.05. The maximum atomic E-state index is 13.0. The van der Waals surface area contributed by atoms with E-state index in [2.05, 4.69) is 24.5 Å². The first-order valence-electron chi connectivity index (χ1n) is 11.7. The van der Waals surface area contributed by atoms with Gasteiger partial charge in [0, 0.05) is 42.9 Å². The molecule has 0 fully saturated rings. The number of alkyl halides is 3. The summed E-state index contributed by atoms with van der Waals surface area (Å²) in [6.07, 6.45) is -2.20. The zero-order valence-corrected chi connectivity index (χ0v) is 21.8. The van der Waals surface area contributed by atoms with Gasteiger partial charge >= 0.3 is 6.18 Å². The highest BCUT2D eigenvalue weighted by atomic mass is 32.2. The lowest BCUT2D eigenvalue weighted by atomic mass is 9.93. The highest BCUT2D eigenvalue weighted by Gasteiger charge is 2.29. The van der Waals surface area contributed by atoms with Crippen molar-refractivity contribution in [1.29, 1.82) is 0 Å². The normalized spacial score (nSPS) is 15.8. The molecule has 0 saturated heterocycles. The number of fused-ring (bicyclic) bond motifs is 1. The maximum Gasteiger partial charge on any atom is 0.422 e. The first kappa shape index (κ1) is 26.9. The lowest BCUT2D eigenvalue weighted by Gasteiger charge is -2.34. The number of pyridine rings is 1. The Morgan fingerprint density at radius 1 is 1.14 bits per heavy atom. The topological polar surface area (TPSA) is 97.6 Å². The molecular weight excluding hydrogens is 509 g/mol. The molecule has 0 amide bonds. The van der Waals surface area contributed by atoms with Crippen LogP contribution < -0.4 is 9.46 Å². The molecule has 1 atom stereocenters. The van der Waals surface area contributed by atoms with Crippen LogP contribution in [0.1, 0.15) is 56.2 Å². The summed E-state index contributed by atoms with van der Waals surface area (Å²) in [6, 6.07) is 9.65. The first-order valence-corrected chi connectivity index (χ1v) is 13.2. The molecule has 0 spiro atoms. The Morgan fingerprint density at radius 3 is 2.51 bits per heavy atom. The van der Waals surface area contributed by atoms with Crippen molar-refractivity contribution in [2.24, 2.45) is 0 Å². The number of hydrogen-bond acceptors (Lipinski definition) is 7. The number of nitrogens with zero attached hydrogens (tertiary/aromatic N) is 3. The molecule has 1 aromatic carbocycles. The third-order valence-electron chi connectivity index (χ3n) is 6.19. The van der Waals surface area contributed by atoms with Crippen LogP contribution in [0, 0.1) is 0 Å². The number of halogens is 3. The van der Waals surface area contributed by atoms with E-state index in [4.69, 9.17) is 4.52 Å². The number of sulfonamides is 1. The molecule has 3 heterocycles. The summed E-state index contributed by atoms with van der Waals surface area (Å²) in [5, 5.41) is 3.84. The van der Waals surface area contributed by atoms with Gasteiger partial charge < -0.3 is 9.26 Å². The molecule has 8 nitrogen and oxygen atoms in total. The van der Waals surface area contributed by atoms with Gasteiger partial charge in [0.15, 0.2) is 12.4 Å². The second-order valence-electron chi connectivity index (χ2n) is 10.1. The molecule has 2 aromatic heterocycles. The van der Waals surface area contributed by atoms with Gasteiger partial charge in [0.25, 0.3) is 10.0 Å². The van der Waals surface area contributed by atoms with Crippen molar-refractivity contribution in [3.05, 3.63) is 65.0 Å². The Hall–Kier alpha value is -3.12. The van der Waals surface area contributed by atoms with Crippen LogP contribution >= 0.6 is 0 Å². The molecule has 0 radical (unpaired) electrons.